The Balaban J connectivity index is 0.000000463. The third kappa shape index (κ3) is 32.2. The largest absolute Gasteiger partial charge is 0.0654 e. The van der Waals surface area contributed by atoms with Crippen LogP contribution in [-0.4, -0.2) is 0 Å². The van der Waals surface area contributed by atoms with Gasteiger partial charge < -0.3 is 0 Å². The Kier molecular flexibility index (Phi) is 38.1. The van der Waals surface area contributed by atoms with Crippen LogP contribution in [0.5, 0.6) is 0 Å². The van der Waals surface area contributed by atoms with E-state index >= 15 is 0 Å². The lowest BCUT2D eigenvalue weighted by molar-refractivity contribution is 0.0601. The second-order valence-electron chi connectivity index (χ2n) is 35.7. The van der Waals surface area contributed by atoms with Gasteiger partial charge in [0.25, 0.3) is 0 Å². The molecule has 0 spiro atoms. The Morgan fingerprint density at radius 1 is 0.284 bits per heavy atom. The van der Waals surface area contributed by atoms with E-state index in [0.717, 1.165) is 22.7 Å². The molecule has 0 radical (unpaired) electrons. The Labute approximate surface area is 517 Å². The molecule has 0 nitrogen and oxygen atoms in total. The summed E-state index contributed by atoms with van der Waals surface area (Å²) in [6.07, 6.45) is 68.7. The summed E-state index contributed by atoms with van der Waals surface area (Å²) >= 11 is 0. The minimum atomic E-state index is 0.507. The van der Waals surface area contributed by atoms with Crippen molar-refractivity contribution in [3.63, 3.8) is 0 Å². The van der Waals surface area contributed by atoms with Crippen LogP contribution in [0.15, 0.2) is 0 Å². The summed E-state index contributed by atoms with van der Waals surface area (Å²) in [5.41, 5.74) is 6.53. The molecule has 0 aromatic heterocycles. The lowest BCUT2D eigenvalue weighted by Crippen LogP contribution is -2.34. The predicted molar refractivity (Wildman–Crippen MR) is 373 cm³/mol. The summed E-state index contributed by atoms with van der Waals surface area (Å²) < 4.78 is 0. The first-order valence-electron chi connectivity index (χ1n) is 37.8. The van der Waals surface area contributed by atoms with E-state index in [1.54, 1.807) is 0 Å². The van der Waals surface area contributed by atoms with Crippen molar-refractivity contribution in [2.45, 2.75) is 454 Å². The van der Waals surface area contributed by atoms with Gasteiger partial charge in [-0.25, -0.2) is 0 Å². The van der Waals surface area contributed by atoms with Crippen LogP contribution >= 0.6 is 0 Å². The molecule has 8 aliphatic carbocycles. The van der Waals surface area contributed by atoms with Crippen LogP contribution < -0.4 is 0 Å². The van der Waals surface area contributed by atoms with Crippen LogP contribution in [0.1, 0.15) is 454 Å². The zero-order valence-electron chi connectivity index (χ0n) is 61.4. The maximum Gasteiger partial charge on any atom is -0.0277 e. The van der Waals surface area contributed by atoms with E-state index in [2.05, 4.69) is 152 Å². The Morgan fingerprint density at radius 2 is 0.506 bits per heavy atom. The number of hydrogen-bond acceptors (Lipinski definition) is 0. The van der Waals surface area contributed by atoms with Crippen LogP contribution in [0, 0.1) is 66.0 Å². The fourth-order valence-corrected chi connectivity index (χ4v) is 16.2. The SMILES string of the molecule is CC(C)(C)C1(C)CCCC1.CC(C)(C)C1(C)CCCCC1.CC(C)C1(C)CCCCC1.CC(C)CC1(C)CCCC1.CCC1(C)CCCCC1.CCC1(C)CCCCCC1.CCC1(C)CCCCCCC1.CCCCC1(C)CCCC1. The Morgan fingerprint density at radius 3 is 0.741 bits per heavy atom. The first-order chi connectivity index (χ1) is 37.8. The van der Waals surface area contributed by atoms with Gasteiger partial charge in [-0.1, -0.05) is 339 Å². The summed E-state index contributed by atoms with van der Waals surface area (Å²) in [7, 11) is 0. The van der Waals surface area contributed by atoms with Crippen molar-refractivity contribution in [1.29, 1.82) is 0 Å². The second-order valence-corrected chi connectivity index (χ2v) is 35.7. The molecule has 0 amide bonds. The number of rotatable bonds is 9. The molecule has 0 aromatic carbocycles. The van der Waals surface area contributed by atoms with E-state index in [-0.39, 0.29) is 0 Å². The zero-order valence-corrected chi connectivity index (χ0v) is 61.4. The lowest BCUT2D eigenvalue weighted by atomic mass is 9.61. The van der Waals surface area contributed by atoms with Crippen molar-refractivity contribution in [1.82, 2.24) is 0 Å². The molecule has 8 rings (SSSR count). The average molecular weight is 1140 g/mol. The molecule has 8 fully saturated rings. The van der Waals surface area contributed by atoms with Crippen molar-refractivity contribution >= 4 is 0 Å². The molecule has 0 heteroatoms. The van der Waals surface area contributed by atoms with Crippen molar-refractivity contribution in [2.75, 3.05) is 0 Å². The third-order valence-electron chi connectivity index (χ3n) is 25.8. The molecule has 0 saturated heterocycles. The van der Waals surface area contributed by atoms with Gasteiger partial charge in [0.15, 0.2) is 0 Å². The van der Waals surface area contributed by atoms with Gasteiger partial charge in [0.05, 0.1) is 0 Å². The molecule has 0 bridgehead atoms. The van der Waals surface area contributed by atoms with E-state index in [4.69, 9.17) is 0 Å². The van der Waals surface area contributed by atoms with Gasteiger partial charge >= 0.3 is 0 Å². The van der Waals surface area contributed by atoms with Crippen molar-refractivity contribution in [2.24, 2.45) is 66.0 Å². The third-order valence-corrected chi connectivity index (χ3v) is 25.8. The number of unbranched alkanes of at least 4 members (excludes halogenated alkanes) is 1. The summed E-state index contributed by atoms with van der Waals surface area (Å²) in [4.78, 5) is 0. The van der Waals surface area contributed by atoms with E-state index in [0.29, 0.717) is 43.3 Å². The summed E-state index contributed by atoms with van der Waals surface area (Å²) in [6, 6.07) is 0. The molecule has 8 saturated carbocycles. The first-order valence-corrected chi connectivity index (χ1v) is 37.8. The molecule has 0 heterocycles. The van der Waals surface area contributed by atoms with E-state index < -0.39 is 0 Å². The zero-order chi connectivity index (χ0) is 61.4. The Hall–Kier alpha value is 0. The molecule has 0 aromatic rings. The van der Waals surface area contributed by atoms with Gasteiger partial charge in [-0.05, 0) is 182 Å². The molecule has 0 atom stereocenters. The van der Waals surface area contributed by atoms with Gasteiger partial charge in [-0.2, -0.15) is 0 Å². The molecule has 0 N–H and O–H groups in total. The number of hydrogen-bond donors (Lipinski definition) is 0. The molecule has 486 valence electrons. The molecule has 8 aliphatic rings. The highest BCUT2D eigenvalue weighted by Crippen LogP contribution is 2.51. The second kappa shape index (κ2) is 39.1. The minimum Gasteiger partial charge on any atom is -0.0654 e. The normalized spacial score (nSPS) is 25.0. The fraction of sp³-hybridized carbons (Fsp3) is 1.00. The van der Waals surface area contributed by atoms with Crippen molar-refractivity contribution in [3.8, 4) is 0 Å². The van der Waals surface area contributed by atoms with Gasteiger partial charge in [0, 0.05) is 0 Å². The minimum absolute atomic E-state index is 0.507. The van der Waals surface area contributed by atoms with Gasteiger partial charge in [0.2, 0.25) is 0 Å². The summed E-state index contributed by atoms with van der Waals surface area (Å²) in [6.45, 7) is 52.6. The smallest absolute Gasteiger partial charge is 0.0277 e. The summed E-state index contributed by atoms with van der Waals surface area (Å²) in [5, 5.41) is 0. The monoisotopic (exact) mass is 1140 g/mol. The molecule has 0 aliphatic heterocycles. The average Bonchev–Trinajstić information content (AvgIpc) is 4.15. The van der Waals surface area contributed by atoms with Gasteiger partial charge in [-0.15, -0.1) is 0 Å². The molecular formula is C81H162. The van der Waals surface area contributed by atoms with Crippen molar-refractivity contribution in [3.05, 3.63) is 0 Å². The van der Waals surface area contributed by atoms with E-state index in [9.17, 15) is 0 Å². The van der Waals surface area contributed by atoms with E-state index in [1.807, 2.05) is 0 Å². The molecule has 81 heavy (non-hydrogen) atoms. The predicted octanol–water partition coefficient (Wildman–Crippen LogP) is 29.9. The first kappa shape index (κ1) is 79.0. The highest BCUT2D eigenvalue weighted by Gasteiger charge is 2.40. The van der Waals surface area contributed by atoms with Crippen LogP contribution in [0.2, 0.25) is 0 Å². The van der Waals surface area contributed by atoms with Crippen LogP contribution in [0.3, 0.4) is 0 Å². The fourth-order valence-electron chi connectivity index (χ4n) is 16.2. The molecular weight excluding hydrogens is 973 g/mol. The van der Waals surface area contributed by atoms with Crippen molar-refractivity contribution < 1.29 is 0 Å². The van der Waals surface area contributed by atoms with Crippen LogP contribution in [0.25, 0.3) is 0 Å². The van der Waals surface area contributed by atoms with Gasteiger partial charge in [-0.3, -0.25) is 0 Å². The Bertz CT molecular complexity index is 1450. The summed E-state index contributed by atoms with van der Waals surface area (Å²) in [5.74, 6) is 1.77. The maximum absolute atomic E-state index is 2.47. The van der Waals surface area contributed by atoms with Crippen LogP contribution in [0.4, 0.5) is 0 Å². The van der Waals surface area contributed by atoms with Gasteiger partial charge in [0.1, 0.15) is 0 Å². The van der Waals surface area contributed by atoms with Crippen LogP contribution in [-0.2, 0) is 0 Å². The maximum atomic E-state index is 2.47. The quantitative estimate of drug-likeness (QED) is 0.202. The highest BCUT2D eigenvalue weighted by atomic mass is 14.5. The lowest BCUT2D eigenvalue weighted by Gasteiger charge is -2.45. The highest BCUT2D eigenvalue weighted by molar-refractivity contribution is 4.91. The topological polar surface area (TPSA) is 0 Å². The standard InChI is InChI=1S/2C11H22.5C10H20.C9H18/c1-10(2,3)11(4)8-6-5-7-9-11;1-3-11(2)9-7-5-4-6-8-10-11;1-9(2,3)10(4)7-5-6-8-10;1-9(2)8-10(3)6-4-5-7-10;1-9(2)10(3)7-5-4-6-8-10;1-3-10(2)8-6-4-5-7-9-10;1-3-4-7-10(2)8-5-6-9-10;1-3-9(2)7-5-4-6-8-9/h5-9H2,1-4H3;3-10H2,1-2H3;5-8H2,1-4H3;2*9H,4-8H2,1-3H3;2*3-9H2,1-2H3;3-8H2,1-2H3. The van der Waals surface area contributed by atoms with E-state index in [1.165, 1.54) is 302 Å². The molecule has 0 unspecified atom stereocenters.